The van der Waals surface area contributed by atoms with E-state index in [1.807, 2.05) is 48.8 Å². The third kappa shape index (κ3) is 4.98. The average molecular weight is 575 g/mol. The molecule has 1 fully saturated rings. The monoisotopic (exact) mass is 574 g/mol. The van der Waals surface area contributed by atoms with Crippen LogP contribution in [-0.4, -0.2) is 41.4 Å². The maximum Gasteiger partial charge on any atom is 0.573 e. The van der Waals surface area contributed by atoms with Crippen LogP contribution < -0.4 is 9.22 Å². The van der Waals surface area contributed by atoms with Gasteiger partial charge in [0, 0.05) is 41.0 Å². The number of benzene rings is 4. The molecule has 0 amide bonds. The largest absolute Gasteiger partial charge is 0.573 e. The van der Waals surface area contributed by atoms with Gasteiger partial charge in [0.1, 0.15) is 17.1 Å². The van der Waals surface area contributed by atoms with Gasteiger partial charge in [-0.3, -0.25) is 5.41 Å². The number of aliphatic imine (C=N–C) groups is 1. The molecule has 6 nitrogen and oxygen atoms in total. The Kier molecular flexibility index (Phi) is 6.83. The Morgan fingerprint density at radius 1 is 1.02 bits per heavy atom. The van der Waals surface area contributed by atoms with Gasteiger partial charge in [0.2, 0.25) is 6.34 Å². The highest BCUT2D eigenvalue weighted by Gasteiger charge is 2.44. The quantitative estimate of drug-likeness (QED) is 0.185. The van der Waals surface area contributed by atoms with Crippen LogP contribution in [0.15, 0.2) is 89.0 Å². The van der Waals surface area contributed by atoms with E-state index in [0.29, 0.717) is 5.17 Å². The van der Waals surface area contributed by atoms with Crippen molar-refractivity contribution in [3.8, 4) is 5.75 Å². The minimum absolute atomic E-state index is 0.129. The van der Waals surface area contributed by atoms with Gasteiger partial charge in [-0.05, 0) is 41.1 Å². The van der Waals surface area contributed by atoms with Crippen molar-refractivity contribution < 1.29 is 17.9 Å². The lowest BCUT2D eigenvalue weighted by Crippen LogP contribution is -2.36. The molecule has 2 aliphatic rings. The van der Waals surface area contributed by atoms with Gasteiger partial charge < -0.3 is 4.74 Å². The van der Waals surface area contributed by atoms with E-state index in [0.717, 1.165) is 56.9 Å². The van der Waals surface area contributed by atoms with Crippen molar-refractivity contribution in [2.75, 3.05) is 12.3 Å². The van der Waals surface area contributed by atoms with Gasteiger partial charge >= 0.3 is 6.36 Å². The lowest BCUT2D eigenvalue weighted by Gasteiger charge is -2.32. The molecule has 10 heteroatoms. The van der Waals surface area contributed by atoms with Crippen molar-refractivity contribution in [3.63, 3.8) is 0 Å². The second-order valence-corrected chi connectivity index (χ2v) is 11.2. The van der Waals surface area contributed by atoms with Gasteiger partial charge in [-0.2, -0.15) is 14.6 Å². The molecule has 0 bridgehead atoms. The minimum atomic E-state index is -4.77. The first-order chi connectivity index (χ1) is 19.7. The van der Waals surface area contributed by atoms with Crippen LogP contribution in [0.25, 0.3) is 10.8 Å². The van der Waals surface area contributed by atoms with Crippen LogP contribution in [0, 0.1) is 5.41 Å². The zero-order valence-corrected chi connectivity index (χ0v) is 23.2. The number of hydrogen-bond acceptors (Lipinski definition) is 5. The van der Waals surface area contributed by atoms with Crippen LogP contribution in [-0.2, 0) is 0 Å². The zero-order valence-electron chi connectivity index (χ0n) is 22.4. The number of para-hydroxylation sites is 1. The molecule has 6 rings (SSSR count). The van der Waals surface area contributed by atoms with Crippen molar-refractivity contribution in [1.82, 2.24) is 9.49 Å². The summed E-state index contributed by atoms with van der Waals surface area (Å²) in [6, 6.07) is 24.2. The highest BCUT2D eigenvalue weighted by Crippen LogP contribution is 2.54. The van der Waals surface area contributed by atoms with Crippen molar-refractivity contribution >= 4 is 63.0 Å². The fourth-order valence-electron chi connectivity index (χ4n) is 5.40. The van der Waals surface area contributed by atoms with E-state index in [1.165, 1.54) is 23.9 Å². The molecule has 2 aliphatic heterocycles. The number of alkyl halides is 3. The Bertz CT molecular complexity index is 1700. The SMILES string of the molecule is CC(C)c1ccccc1[N+]1(c2ccc(OC(F)(F)F)cc2)C=Nc2c1ccc1cc(/C=N/N3CCSC3=N)ccc21. The molecule has 1 atom stereocenters. The number of ether oxygens (including phenoxy) is 1. The maximum absolute atomic E-state index is 12.9. The number of hydrogen-bond donors (Lipinski definition) is 1. The second-order valence-electron chi connectivity index (χ2n) is 10.2. The molecule has 0 aliphatic carbocycles. The zero-order chi connectivity index (χ0) is 28.8. The average Bonchev–Trinajstić information content (AvgIpc) is 3.55. The predicted octanol–water partition coefficient (Wildman–Crippen LogP) is 8.82. The number of nitrogens with one attached hydrogen (secondary N) is 1. The topological polar surface area (TPSA) is 61.0 Å². The molecular formula is C31H27F3N5OS+. The Morgan fingerprint density at radius 2 is 1.80 bits per heavy atom. The van der Waals surface area contributed by atoms with Crippen LogP contribution in [0.1, 0.15) is 30.9 Å². The fourth-order valence-corrected chi connectivity index (χ4v) is 6.14. The first-order valence-electron chi connectivity index (χ1n) is 13.2. The van der Waals surface area contributed by atoms with E-state index in [1.54, 1.807) is 23.4 Å². The number of amidine groups is 1. The summed E-state index contributed by atoms with van der Waals surface area (Å²) < 4.78 is 42.9. The molecule has 1 unspecified atom stereocenters. The van der Waals surface area contributed by atoms with E-state index in [9.17, 15) is 13.2 Å². The number of halogens is 3. The highest BCUT2D eigenvalue weighted by atomic mass is 32.2. The Balaban J connectivity index is 1.47. The summed E-state index contributed by atoms with van der Waals surface area (Å²) in [6.45, 7) is 4.96. The van der Waals surface area contributed by atoms with Crippen molar-refractivity contribution in [3.05, 3.63) is 90.0 Å². The van der Waals surface area contributed by atoms with Gasteiger partial charge in [0.05, 0.1) is 12.8 Å². The van der Waals surface area contributed by atoms with E-state index >= 15 is 0 Å². The van der Waals surface area contributed by atoms with Gasteiger partial charge in [-0.1, -0.05) is 55.9 Å². The summed E-state index contributed by atoms with van der Waals surface area (Å²) in [5, 5.41) is 16.5. The normalized spacial score (nSPS) is 18.7. The Hall–Kier alpha value is -4.15. The maximum atomic E-state index is 12.9. The van der Waals surface area contributed by atoms with Crippen LogP contribution in [0.4, 0.5) is 35.9 Å². The molecule has 41 heavy (non-hydrogen) atoms. The molecule has 0 spiro atoms. The summed E-state index contributed by atoms with van der Waals surface area (Å²) in [6.07, 6.45) is -1.14. The number of rotatable bonds is 6. The smallest absolute Gasteiger partial charge is 0.406 e. The third-order valence-corrected chi connectivity index (χ3v) is 8.14. The van der Waals surface area contributed by atoms with Crippen molar-refractivity contribution in [1.29, 1.82) is 5.41 Å². The number of thioether (sulfide) groups is 1. The number of hydrazone groups is 1. The van der Waals surface area contributed by atoms with Gasteiger partial charge in [-0.15, -0.1) is 13.2 Å². The number of nitrogens with zero attached hydrogens (tertiary/aromatic N) is 4. The van der Waals surface area contributed by atoms with Crippen LogP contribution >= 0.6 is 11.8 Å². The Morgan fingerprint density at radius 3 is 2.51 bits per heavy atom. The molecule has 2 heterocycles. The summed E-state index contributed by atoms with van der Waals surface area (Å²) in [5.74, 6) is 0.781. The third-order valence-electron chi connectivity index (χ3n) is 7.27. The van der Waals surface area contributed by atoms with Gasteiger partial charge in [0.25, 0.3) is 0 Å². The molecule has 0 saturated carbocycles. The number of quaternary nitrogens is 1. The van der Waals surface area contributed by atoms with Crippen LogP contribution in [0.5, 0.6) is 5.75 Å². The first-order valence-corrected chi connectivity index (χ1v) is 14.1. The molecule has 208 valence electrons. The molecule has 4 aromatic rings. The van der Waals surface area contributed by atoms with Crippen molar-refractivity contribution in [2.45, 2.75) is 26.1 Å². The first kappa shape index (κ1) is 27.0. The molecule has 4 aromatic carbocycles. The molecule has 0 radical (unpaired) electrons. The second kappa shape index (κ2) is 10.4. The summed E-state index contributed by atoms with van der Waals surface area (Å²) in [4.78, 5) is 4.93. The molecule has 1 N–H and O–H groups in total. The van der Waals surface area contributed by atoms with Gasteiger partial charge in [-0.25, -0.2) is 5.01 Å². The summed E-state index contributed by atoms with van der Waals surface area (Å²) in [7, 11) is 0. The lowest BCUT2D eigenvalue weighted by molar-refractivity contribution is -0.274. The number of fused-ring (bicyclic) bond motifs is 3. The fraction of sp³-hybridized carbons (Fsp3) is 0.194. The van der Waals surface area contributed by atoms with E-state index in [2.05, 4.69) is 35.8 Å². The summed E-state index contributed by atoms with van der Waals surface area (Å²) in [5.41, 5.74) is 5.44. The molecule has 1 saturated heterocycles. The van der Waals surface area contributed by atoms with Crippen molar-refractivity contribution in [2.24, 2.45) is 10.1 Å². The molecule has 0 aromatic heterocycles. The lowest BCUT2D eigenvalue weighted by atomic mass is 9.97. The summed E-state index contributed by atoms with van der Waals surface area (Å²) >= 11 is 1.48. The molecular weight excluding hydrogens is 547 g/mol. The van der Waals surface area contributed by atoms with Crippen LogP contribution in [0.3, 0.4) is 0 Å². The van der Waals surface area contributed by atoms with Crippen LogP contribution in [0.2, 0.25) is 0 Å². The Labute approximate surface area is 239 Å². The standard InChI is InChI=1S/C31H27F3N5OS/c1-20(2)25-5-3-4-6-27(25)39(23-9-11-24(12-10-23)40-31(32,33)34)19-36-29-26-13-7-21(17-22(26)8-14-28(29)39)18-37-38-15-16-41-30(38)35/h3-14,17-20,35H,15-16H2,1-2H3/q+1/b35-30?,37-18+. The minimum Gasteiger partial charge on any atom is -0.406 e. The predicted molar refractivity (Wildman–Crippen MR) is 161 cm³/mol. The highest BCUT2D eigenvalue weighted by molar-refractivity contribution is 8.14. The van der Waals surface area contributed by atoms with E-state index < -0.39 is 6.36 Å². The van der Waals surface area contributed by atoms with Gasteiger partial charge in [0.15, 0.2) is 16.5 Å². The van der Waals surface area contributed by atoms with E-state index in [-0.39, 0.29) is 16.2 Å². The van der Waals surface area contributed by atoms with E-state index in [4.69, 9.17) is 10.4 Å².